The number of rotatable bonds is 4. The van der Waals surface area contributed by atoms with Crippen molar-refractivity contribution in [1.29, 1.82) is 10.5 Å². The zero-order valence-corrected chi connectivity index (χ0v) is 26.7. The molecule has 230 valence electrons. The zero-order valence-electron chi connectivity index (χ0n) is 26.7. The van der Waals surface area contributed by atoms with Crippen LogP contribution in [0.2, 0.25) is 0 Å². The van der Waals surface area contributed by atoms with Crippen LogP contribution in [0.4, 0.5) is 5.69 Å². The molecule has 0 saturated carbocycles. The van der Waals surface area contributed by atoms with Gasteiger partial charge >= 0.3 is 0 Å². The topological polar surface area (TPSA) is 61.8 Å². The maximum atomic E-state index is 9.97. The van der Waals surface area contributed by atoms with Crippen LogP contribution in [0.5, 0.6) is 0 Å². The summed E-state index contributed by atoms with van der Waals surface area (Å²) in [4.78, 5) is 3.72. The standard InChI is InChI=1S/C45H25N5/c1-48-34-18-19-38-36-12-2-5-15-42(36)50(45(38)26-34)43-20-16-29(27-46)22-39(43)33-10-6-8-31(24-33)32-9-7-11-35(25-32)49-41-14-4-3-13-37(41)40-23-30(28-47)17-21-44(40)49/h2-26H. The van der Waals surface area contributed by atoms with Crippen molar-refractivity contribution in [1.82, 2.24) is 9.13 Å². The third kappa shape index (κ3) is 4.45. The van der Waals surface area contributed by atoms with Gasteiger partial charge in [0.15, 0.2) is 5.69 Å². The summed E-state index contributed by atoms with van der Waals surface area (Å²) >= 11 is 0. The molecule has 2 heterocycles. The highest BCUT2D eigenvalue weighted by Crippen LogP contribution is 2.39. The molecule has 7 aromatic carbocycles. The SMILES string of the molecule is [C-]#[N+]c1ccc2c3ccccc3n(-c3ccc(C#N)cc3-c3cccc(-c4cccc(-n5c6ccccc6c6cc(C#N)ccc65)c4)c3)c2c1. The number of para-hydroxylation sites is 2. The average molecular weight is 636 g/mol. The van der Waals surface area contributed by atoms with E-state index in [1.54, 1.807) is 0 Å². The molecule has 9 rings (SSSR count). The van der Waals surface area contributed by atoms with Crippen LogP contribution >= 0.6 is 0 Å². The minimum Gasteiger partial charge on any atom is -0.310 e. The molecule has 0 unspecified atom stereocenters. The largest absolute Gasteiger partial charge is 0.310 e. The molecular weight excluding hydrogens is 611 g/mol. The second kappa shape index (κ2) is 11.4. The van der Waals surface area contributed by atoms with Crippen molar-refractivity contribution in [3.8, 4) is 45.8 Å². The zero-order chi connectivity index (χ0) is 33.8. The van der Waals surface area contributed by atoms with E-state index in [1.807, 2.05) is 78.9 Å². The van der Waals surface area contributed by atoms with Gasteiger partial charge in [0.2, 0.25) is 0 Å². The average Bonchev–Trinajstić information content (AvgIpc) is 3.69. The first kappa shape index (κ1) is 28.8. The Morgan fingerprint density at radius 2 is 1.08 bits per heavy atom. The van der Waals surface area contributed by atoms with E-state index in [-0.39, 0.29) is 0 Å². The van der Waals surface area contributed by atoms with Crippen molar-refractivity contribution >= 4 is 49.3 Å². The Kier molecular flexibility index (Phi) is 6.56. The van der Waals surface area contributed by atoms with E-state index >= 15 is 0 Å². The summed E-state index contributed by atoms with van der Waals surface area (Å²) in [7, 11) is 0. The van der Waals surface area contributed by atoms with Crippen LogP contribution in [0.3, 0.4) is 0 Å². The van der Waals surface area contributed by atoms with Crippen LogP contribution in [0.1, 0.15) is 11.1 Å². The van der Waals surface area contributed by atoms with E-state index in [9.17, 15) is 10.5 Å². The molecule has 5 nitrogen and oxygen atoms in total. The van der Waals surface area contributed by atoms with Crippen LogP contribution in [0, 0.1) is 29.2 Å². The summed E-state index contributed by atoms with van der Waals surface area (Å²) in [5, 5.41) is 23.9. The molecule has 0 bridgehead atoms. The van der Waals surface area contributed by atoms with Crippen LogP contribution in [0.15, 0.2) is 152 Å². The third-order valence-corrected chi connectivity index (χ3v) is 9.57. The Balaban J connectivity index is 1.22. The highest BCUT2D eigenvalue weighted by Gasteiger charge is 2.18. The summed E-state index contributed by atoms with van der Waals surface area (Å²) < 4.78 is 4.47. The number of aromatic nitrogens is 2. The van der Waals surface area contributed by atoms with Gasteiger partial charge in [0.1, 0.15) is 0 Å². The number of benzene rings is 7. The summed E-state index contributed by atoms with van der Waals surface area (Å²) in [6.45, 7) is 7.69. The van der Waals surface area contributed by atoms with E-state index in [0.717, 1.165) is 77.2 Å². The molecule has 0 spiro atoms. The van der Waals surface area contributed by atoms with Crippen molar-refractivity contribution in [2.45, 2.75) is 0 Å². The summed E-state index contributed by atoms with van der Waals surface area (Å²) in [5.74, 6) is 0. The lowest BCUT2D eigenvalue weighted by Crippen LogP contribution is -1.98. The van der Waals surface area contributed by atoms with Gasteiger partial charge in [-0.05, 0) is 89.5 Å². The fourth-order valence-electron chi connectivity index (χ4n) is 7.33. The van der Waals surface area contributed by atoms with E-state index in [4.69, 9.17) is 6.57 Å². The van der Waals surface area contributed by atoms with Gasteiger partial charge in [-0.3, -0.25) is 0 Å². The number of fused-ring (bicyclic) bond motifs is 6. The maximum Gasteiger partial charge on any atom is 0.189 e. The molecule has 2 aromatic heterocycles. The summed E-state index contributed by atoms with van der Waals surface area (Å²) in [5.41, 5.74) is 11.9. The molecule has 0 atom stereocenters. The van der Waals surface area contributed by atoms with Crippen molar-refractivity contribution in [2.24, 2.45) is 0 Å². The van der Waals surface area contributed by atoms with Gasteiger partial charge in [0.05, 0.1) is 52.1 Å². The molecule has 0 aliphatic carbocycles. The van der Waals surface area contributed by atoms with E-state index in [2.05, 4.69) is 98.9 Å². The normalized spacial score (nSPS) is 11.1. The Hall–Kier alpha value is -7.39. The van der Waals surface area contributed by atoms with Crippen molar-refractivity contribution in [2.75, 3.05) is 0 Å². The van der Waals surface area contributed by atoms with Crippen LogP contribution in [-0.2, 0) is 0 Å². The Labute approximate surface area is 288 Å². The maximum absolute atomic E-state index is 9.97. The number of nitriles is 2. The highest BCUT2D eigenvalue weighted by atomic mass is 15.0. The van der Waals surface area contributed by atoms with Crippen molar-refractivity contribution in [3.63, 3.8) is 0 Å². The molecule has 0 saturated heterocycles. The fraction of sp³-hybridized carbons (Fsp3) is 0. The van der Waals surface area contributed by atoms with Crippen LogP contribution in [-0.4, -0.2) is 9.13 Å². The summed E-state index contributed by atoms with van der Waals surface area (Å²) in [6, 6.07) is 55.7. The van der Waals surface area contributed by atoms with Gasteiger partial charge in [-0.25, -0.2) is 4.85 Å². The van der Waals surface area contributed by atoms with Crippen LogP contribution in [0.25, 0.3) is 82.1 Å². The molecule has 5 heteroatoms. The van der Waals surface area contributed by atoms with Gasteiger partial charge in [-0.1, -0.05) is 78.9 Å². The number of hydrogen-bond acceptors (Lipinski definition) is 2. The highest BCUT2D eigenvalue weighted by molar-refractivity contribution is 6.11. The smallest absolute Gasteiger partial charge is 0.189 e. The van der Waals surface area contributed by atoms with Gasteiger partial charge in [-0.15, -0.1) is 0 Å². The lowest BCUT2D eigenvalue weighted by atomic mass is 9.96. The van der Waals surface area contributed by atoms with Gasteiger partial charge in [0.25, 0.3) is 0 Å². The minimum absolute atomic E-state index is 0.574. The molecule has 9 aromatic rings. The second-order valence-corrected chi connectivity index (χ2v) is 12.3. The fourth-order valence-corrected chi connectivity index (χ4v) is 7.33. The monoisotopic (exact) mass is 635 g/mol. The van der Waals surface area contributed by atoms with Crippen molar-refractivity contribution in [3.05, 3.63) is 174 Å². The molecule has 0 N–H and O–H groups in total. The quantitative estimate of drug-likeness (QED) is 0.181. The lowest BCUT2D eigenvalue weighted by Gasteiger charge is -2.16. The Morgan fingerprint density at radius 3 is 1.86 bits per heavy atom. The van der Waals surface area contributed by atoms with Gasteiger partial charge in [0, 0.05) is 38.3 Å². The second-order valence-electron chi connectivity index (χ2n) is 12.3. The first-order chi connectivity index (χ1) is 24.6. The predicted molar refractivity (Wildman–Crippen MR) is 202 cm³/mol. The van der Waals surface area contributed by atoms with Gasteiger partial charge in [-0.2, -0.15) is 10.5 Å². The molecule has 0 fully saturated rings. The lowest BCUT2D eigenvalue weighted by molar-refractivity contribution is 1.18. The Bertz CT molecular complexity index is 2970. The van der Waals surface area contributed by atoms with E-state index < -0.39 is 0 Å². The molecule has 0 aliphatic heterocycles. The minimum atomic E-state index is 0.574. The predicted octanol–water partition coefficient (Wildman–Crippen LogP) is 11.5. The molecule has 0 aliphatic rings. The van der Waals surface area contributed by atoms with Gasteiger partial charge < -0.3 is 9.13 Å². The molecule has 0 amide bonds. The molecule has 0 radical (unpaired) electrons. The number of hydrogen-bond donors (Lipinski definition) is 0. The van der Waals surface area contributed by atoms with E-state index in [1.165, 1.54) is 0 Å². The van der Waals surface area contributed by atoms with Crippen LogP contribution < -0.4 is 0 Å². The number of nitrogens with zero attached hydrogens (tertiary/aromatic N) is 5. The Morgan fingerprint density at radius 1 is 0.460 bits per heavy atom. The van der Waals surface area contributed by atoms with Crippen molar-refractivity contribution < 1.29 is 0 Å². The third-order valence-electron chi connectivity index (χ3n) is 9.57. The van der Waals surface area contributed by atoms with E-state index in [0.29, 0.717) is 16.8 Å². The molecular formula is C45H25N5. The molecule has 50 heavy (non-hydrogen) atoms. The first-order valence-corrected chi connectivity index (χ1v) is 16.2. The summed E-state index contributed by atoms with van der Waals surface area (Å²) in [6.07, 6.45) is 0. The first-order valence-electron chi connectivity index (χ1n) is 16.2.